The van der Waals surface area contributed by atoms with E-state index in [1.165, 1.54) is 43.2 Å². The molecule has 0 spiro atoms. The Hall–Kier alpha value is -4.30. The number of nitrogens with zero attached hydrogens (tertiary/aromatic N) is 1. The summed E-state index contributed by atoms with van der Waals surface area (Å²) in [5.74, 6) is 1.46. The Morgan fingerprint density at radius 1 is 0.538 bits per heavy atom. The molecule has 2 bridgehead atoms. The Labute approximate surface area is 229 Å². The smallest absolute Gasteiger partial charge is 0.159 e. The van der Waals surface area contributed by atoms with Crippen molar-refractivity contribution in [3.05, 3.63) is 126 Å². The third-order valence-corrected chi connectivity index (χ3v) is 9.00. The highest BCUT2D eigenvalue weighted by molar-refractivity contribution is 6.12. The highest BCUT2D eigenvalue weighted by Gasteiger charge is 2.30. The molecular weight excluding hydrogens is 474 g/mol. The number of benzene rings is 5. The van der Waals surface area contributed by atoms with E-state index in [-0.39, 0.29) is 0 Å². The average molecular weight is 506 g/mol. The maximum Gasteiger partial charge on any atom is 0.159 e. The van der Waals surface area contributed by atoms with E-state index in [0.717, 1.165) is 44.9 Å². The third-order valence-electron chi connectivity index (χ3n) is 9.00. The van der Waals surface area contributed by atoms with Crippen LogP contribution < -0.4 is 4.90 Å². The molecule has 0 saturated heterocycles. The first kappa shape index (κ1) is 22.7. The largest absolute Gasteiger partial charge is 0.454 e. The van der Waals surface area contributed by atoms with Gasteiger partial charge < -0.3 is 9.32 Å². The minimum Gasteiger partial charge on any atom is -0.454 e. The Kier molecular flexibility index (Phi) is 5.33. The van der Waals surface area contributed by atoms with Crippen molar-refractivity contribution < 1.29 is 4.42 Å². The molecule has 2 unspecified atom stereocenters. The standard InChI is InChI=1S/C37H31NO/c1-3-12-29(13-4-1)38(30-14-5-2-6-15-30)35-24-28(23-34-32-16-7-8-17-36(32)39-37(34)35)27-20-21-31-25-10-9-11-26(19-18-25)33(31)22-27/h1-8,12-17,20-26H,9-11,18-19H2. The van der Waals surface area contributed by atoms with Crippen LogP contribution in [-0.2, 0) is 0 Å². The lowest BCUT2D eigenvalue weighted by atomic mass is 9.77. The van der Waals surface area contributed by atoms with Gasteiger partial charge in [-0.1, -0.05) is 79.2 Å². The van der Waals surface area contributed by atoms with Crippen molar-refractivity contribution in [1.82, 2.24) is 0 Å². The van der Waals surface area contributed by atoms with Crippen LogP contribution in [0.5, 0.6) is 0 Å². The van der Waals surface area contributed by atoms with Gasteiger partial charge in [0.05, 0.1) is 5.69 Å². The molecule has 190 valence electrons. The summed E-state index contributed by atoms with van der Waals surface area (Å²) in [4.78, 5) is 2.33. The van der Waals surface area contributed by atoms with Crippen LogP contribution in [0.3, 0.4) is 0 Å². The monoisotopic (exact) mass is 505 g/mol. The molecule has 5 aromatic carbocycles. The fourth-order valence-corrected chi connectivity index (χ4v) is 7.13. The molecular formula is C37H31NO. The zero-order valence-corrected chi connectivity index (χ0v) is 22.0. The lowest BCUT2D eigenvalue weighted by Crippen LogP contribution is -2.11. The summed E-state index contributed by atoms with van der Waals surface area (Å²) < 4.78 is 6.60. The van der Waals surface area contributed by atoms with Gasteiger partial charge >= 0.3 is 0 Å². The van der Waals surface area contributed by atoms with Gasteiger partial charge in [0.15, 0.2) is 5.58 Å². The van der Waals surface area contributed by atoms with Crippen LogP contribution in [0.2, 0.25) is 0 Å². The second-order valence-electron chi connectivity index (χ2n) is 11.2. The summed E-state index contributed by atoms with van der Waals surface area (Å²) in [5.41, 5.74) is 10.9. The van der Waals surface area contributed by atoms with Gasteiger partial charge in [-0.05, 0) is 102 Å². The van der Waals surface area contributed by atoms with E-state index in [4.69, 9.17) is 4.42 Å². The Bertz CT molecular complexity index is 1760. The summed E-state index contributed by atoms with van der Waals surface area (Å²) in [6.07, 6.45) is 6.74. The summed E-state index contributed by atoms with van der Waals surface area (Å²) in [7, 11) is 0. The predicted molar refractivity (Wildman–Crippen MR) is 162 cm³/mol. The second-order valence-corrected chi connectivity index (χ2v) is 11.2. The SMILES string of the molecule is c1ccc(N(c2ccccc2)c2cc(-c3ccc4c(c3)C3CCCC4CC3)cc3c2oc2ccccc23)cc1. The third kappa shape index (κ3) is 3.78. The molecule has 0 aliphatic heterocycles. The van der Waals surface area contributed by atoms with Crippen molar-refractivity contribution in [2.45, 2.75) is 43.9 Å². The Morgan fingerprint density at radius 2 is 1.21 bits per heavy atom. The molecule has 1 aromatic heterocycles. The van der Waals surface area contributed by atoms with Gasteiger partial charge in [-0.15, -0.1) is 0 Å². The quantitative estimate of drug-likeness (QED) is 0.237. The minimum absolute atomic E-state index is 0.710. The van der Waals surface area contributed by atoms with Gasteiger partial charge in [-0.3, -0.25) is 0 Å². The average Bonchev–Trinajstić information content (AvgIpc) is 3.11. The molecule has 2 atom stereocenters. The maximum atomic E-state index is 6.60. The van der Waals surface area contributed by atoms with Gasteiger partial charge in [0.2, 0.25) is 0 Å². The lowest BCUT2D eigenvalue weighted by molar-refractivity contribution is 0.527. The van der Waals surface area contributed by atoms with E-state index in [0.29, 0.717) is 5.92 Å². The fraction of sp³-hybridized carbons (Fsp3) is 0.189. The van der Waals surface area contributed by atoms with Crippen LogP contribution in [0.1, 0.15) is 55.1 Å². The molecule has 3 aliphatic rings. The van der Waals surface area contributed by atoms with Crippen LogP contribution >= 0.6 is 0 Å². The Morgan fingerprint density at radius 3 is 1.95 bits per heavy atom. The molecule has 1 saturated carbocycles. The molecule has 0 N–H and O–H groups in total. The molecule has 2 heteroatoms. The zero-order valence-electron chi connectivity index (χ0n) is 22.0. The van der Waals surface area contributed by atoms with Gasteiger partial charge in [0, 0.05) is 22.1 Å². The van der Waals surface area contributed by atoms with E-state index in [2.05, 4.69) is 120 Å². The predicted octanol–water partition coefficient (Wildman–Crippen LogP) is 10.9. The second kappa shape index (κ2) is 9.17. The van der Waals surface area contributed by atoms with Crippen LogP contribution in [-0.4, -0.2) is 0 Å². The first-order valence-corrected chi connectivity index (χ1v) is 14.3. The topological polar surface area (TPSA) is 16.4 Å². The molecule has 6 aromatic rings. The first-order chi connectivity index (χ1) is 19.3. The lowest BCUT2D eigenvalue weighted by Gasteiger charge is -2.28. The number of anilines is 3. The first-order valence-electron chi connectivity index (χ1n) is 14.3. The zero-order chi connectivity index (χ0) is 25.8. The molecule has 39 heavy (non-hydrogen) atoms. The van der Waals surface area contributed by atoms with Crippen LogP contribution in [0.15, 0.2) is 120 Å². The number of furan rings is 1. The van der Waals surface area contributed by atoms with Crippen molar-refractivity contribution in [2.75, 3.05) is 4.90 Å². The fourth-order valence-electron chi connectivity index (χ4n) is 7.13. The van der Waals surface area contributed by atoms with Crippen LogP contribution in [0, 0.1) is 0 Å². The highest BCUT2D eigenvalue weighted by atomic mass is 16.3. The van der Waals surface area contributed by atoms with Gasteiger partial charge in [-0.25, -0.2) is 0 Å². The van der Waals surface area contributed by atoms with Gasteiger partial charge in [0.1, 0.15) is 5.58 Å². The van der Waals surface area contributed by atoms with E-state index in [9.17, 15) is 0 Å². The summed E-state index contributed by atoms with van der Waals surface area (Å²) >= 11 is 0. The molecule has 1 heterocycles. The van der Waals surface area contributed by atoms with E-state index >= 15 is 0 Å². The maximum absolute atomic E-state index is 6.60. The number of fused-ring (bicyclic) bond motifs is 6. The van der Waals surface area contributed by atoms with E-state index < -0.39 is 0 Å². The summed E-state index contributed by atoms with van der Waals surface area (Å²) in [6, 6.07) is 41.7. The molecule has 9 rings (SSSR count). The Balaban J connectivity index is 1.40. The molecule has 0 amide bonds. The van der Waals surface area contributed by atoms with Crippen molar-refractivity contribution in [1.29, 1.82) is 0 Å². The number of rotatable bonds is 4. The summed E-state index contributed by atoms with van der Waals surface area (Å²) in [5, 5.41) is 2.32. The number of hydrogen-bond acceptors (Lipinski definition) is 2. The van der Waals surface area contributed by atoms with Gasteiger partial charge in [0.25, 0.3) is 0 Å². The van der Waals surface area contributed by atoms with Crippen molar-refractivity contribution in [3.8, 4) is 11.1 Å². The van der Waals surface area contributed by atoms with Crippen molar-refractivity contribution in [2.24, 2.45) is 0 Å². The van der Waals surface area contributed by atoms with E-state index in [1.54, 1.807) is 11.1 Å². The van der Waals surface area contributed by atoms with E-state index in [1.807, 2.05) is 0 Å². The molecule has 2 nitrogen and oxygen atoms in total. The van der Waals surface area contributed by atoms with Crippen molar-refractivity contribution >= 4 is 39.0 Å². The molecule has 3 aliphatic carbocycles. The molecule has 1 fully saturated rings. The summed E-state index contributed by atoms with van der Waals surface area (Å²) in [6.45, 7) is 0. The van der Waals surface area contributed by atoms with Crippen LogP contribution in [0.25, 0.3) is 33.1 Å². The number of para-hydroxylation sites is 3. The highest BCUT2D eigenvalue weighted by Crippen LogP contribution is 2.49. The van der Waals surface area contributed by atoms with Crippen LogP contribution in [0.4, 0.5) is 17.1 Å². The normalized spacial score (nSPS) is 18.3. The van der Waals surface area contributed by atoms with Crippen molar-refractivity contribution in [3.63, 3.8) is 0 Å². The van der Waals surface area contributed by atoms with Gasteiger partial charge in [-0.2, -0.15) is 0 Å². The minimum atomic E-state index is 0.710. The number of hydrogen-bond donors (Lipinski definition) is 0. The molecule has 0 radical (unpaired) electrons.